The molecule has 26 heavy (non-hydrogen) atoms. The molecule has 0 bridgehead atoms. The molecule has 0 aliphatic heterocycles. The normalized spacial score (nSPS) is 11.2. The van der Waals surface area contributed by atoms with Crippen molar-refractivity contribution in [1.29, 1.82) is 0 Å². The highest BCUT2D eigenvalue weighted by Gasteiger charge is 2.29. The van der Waals surface area contributed by atoms with Crippen LogP contribution in [-0.4, -0.2) is 34.1 Å². The molecule has 0 aliphatic carbocycles. The highest BCUT2D eigenvalue weighted by atomic mass is 79.9. The summed E-state index contributed by atoms with van der Waals surface area (Å²) in [7, 11) is 5.61. The van der Waals surface area contributed by atoms with E-state index in [-0.39, 0.29) is 40.0 Å². The average Bonchev–Trinajstić information content (AvgIpc) is 3.01. The van der Waals surface area contributed by atoms with E-state index in [1.54, 1.807) is 6.92 Å². The number of fused-ring (bicyclic) bond motifs is 1. The van der Waals surface area contributed by atoms with Gasteiger partial charge in [-0.1, -0.05) is 6.92 Å². The summed E-state index contributed by atoms with van der Waals surface area (Å²) in [6.07, 6.45) is 0.287. The number of carbonyl (C=O) groups excluding carboxylic acids is 1. The number of aromatic hydroxyl groups is 4. The van der Waals surface area contributed by atoms with Gasteiger partial charge < -0.3 is 24.8 Å². The van der Waals surface area contributed by atoms with E-state index in [0.29, 0.717) is 8.95 Å². The minimum atomic E-state index is -0.722. The molecule has 2 aromatic carbocycles. The molecule has 1 aromatic heterocycles. The van der Waals surface area contributed by atoms with Gasteiger partial charge in [0.2, 0.25) is 5.75 Å². The van der Waals surface area contributed by atoms with Gasteiger partial charge >= 0.3 is 0 Å². The van der Waals surface area contributed by atoms with Crippen LogP contribution >= 0.6 is 31.9 Å². The first-order valence-electron chi connectivity index (χ1n) is 7.39. The Morgan fingerprint density at radius 1 is 1.04 bits per heavy atom. The summed E-state index contributed by atoms with van der Waals surface area (Å²) < 4.78 is 6.10. The Kier molecular flexibility index (Phi) is 4.70. The number of benzene rings is 2. The zero-order valence-corrected chi connectivity index (χ0v) is 16.5. The van der Waals surface area contributed by atoms with E-state index < -0.39 is 28.5 Å². The van der Waals surface area contributed by atoms with Crippen molar-refractivity contribution in [3.63, 3.8) is 0 Å². The Morgan fingerprint density at radius 2 is 1.62 bits per heavy atom. The first-order chi connectivity index (χ1) is 12.2. The fraction of sp³-hybridized carbons (Fsp3) is 0.118. The average molecular weight is 482 g/mol. The predicted molar refractivity (Wildman–Crippen MR) is 103 cm³/mol. The highest BCUT2D eigenvalue weighted by Crippen LogP contribution is 2.43. The molecule has 0 aliphatic rings. The van der Waals surface area contributed by atoms with Crippen LogP contribution in [0, 0.1) is 0 Å². The standard InChI is InChI=1S/C17H11BBr2O6/c1-2-8-9(12(21)5-3-6(19)13(22)7(20)4-5)10-14(23)11(18)15(24)16(25)17(10)26-8/h3-4,22-25H,2H2,1H3. The Balaban J connectivity index is 2.36. The largest absolute Gasteiger partial charge is 0.508 e. The lowest BCUT2D eigenvalue weighted by Crippen LogP contribution is -2.07. The van der Waals surface area contributed by atoms with E-state index in [1.165, 1.54) is 12.1 Å². The van der Waals surface area contributed by atoms with Crippen LogP contribution in [-0.2, 0) is 6.42 Å². The van der Waals surface area contributed by atoms with Gasteiger partial charge in [-0.15, -0.1) is 0 Å². The molecule has 3 rings (SSSR count). The number of furan rings is 1. The van der Waals surface area contributed by atoms with Crippen LogP contribution < -0.4 is 5.46 Å². The molecule has 0 atom stereocenters. The molecule has 0 unspecified atom stereocenters. The van der Waals surface area contributed by atoms with Crippen LogP contribution in [0.5, 0.6) is 23.0 Å². The molecule has 0 spiro atoms. The molecule has 0 fully saturated rings. The van der Waals surface area contributed by atoms with Crippen molar-refractivity contribution in [2.24, 2.45) is 0 Å². The van der Waals surface area contributed by atoms with Gasteiger partial charge in [0.1, 0.15) is 25.1 Å². The van der Waals surface area contributed by atoms with Gasteiger partial charge in [0.05, 0.1) is 19.9 Å². The number of carbonyl (C=O) groups is 1. The van der Waals surface area contributed by atoms with Crippen LogP contribution in [0.3, 0.4) is 0 Å². The maximum absolute atomic E-state index is 13.1. The van der Waals surface area contributed by atoms with Crippen molar-refractivity contribution in [3.8, 4) is 23.0 Å². The first kappa shape index (κ1) is 18.7. The van der Waals surface area contributed by atoms with Gasteiger partial charge in [0.15, 0.2) is 17.1 Å². The second kappa shape index (κ2) is 6.55. The van der Waals surface area contributed by atoms with Crippen LogP contribution in [0.4, 0.5) is 0 Å². The van der Waals surface area contributed by atoms with E-state index in [9.17, 15) is 25.2 Å². The summed E-state index contributed by atoms with van der Waals surface area (Å²) in [4.78, 5) is 13.1. The number of aryl methyl sites for hydroxylation is 1. The summed E-state index contributed by atoms with van der Waals surface area (Å²) in [5, 5.41) is 40.0. The van der Waals surface area contributed by atoms with Crippen molar-refractivity contribution >= 4 is 61.9 Å². The minimum absolute atomic E-state index is 0.0199. The third kappa shape index (κ3) is 2.66. The molecule has 2 radical (unpaired) electrons. The monoisotopic (exact) mass is 480 g/mol. The lowest BCUT2D eigenvalue weighted by molar-refractivity contribution is 0.103. The van der Waals surface area contributed by atoms with Gasteiger partial charge in [-0.3, -0.25) is 4.79 Å². The first-order valence-corrected chi connectivity index (χ1v) is 8.97. The zero-order valence-electron chi connectivity index (χ0n) is 13.3. The van der Waals surface area contributed by atoms with Gasteiger partial charge in [0, 0.05) is 12.0 Å². The van der Waals surface area contributed by atoms with Crippen LogP contribution in [0.2, 0.25) is 0 Å². The van der Waals surface area contributed by atoms with E-state index in [4.69, 9.17) is 12.3 Å². The number of phenols is 4. The Morgan fingerprint density at radius 3 is 2.15 bits per heavy atom. The number of phenolic OH excluding ortho intramolecular Hbond substituents is 4. The Bertz CT molecular complexity index is 1050. The topological polar surface area (TPSA) is 111 Å². The number of halogens is 2. The van der Waals surface area contributed by atoms with Crippen molar-refractivity contribution in [1.82, 2.24) is 0 Å². The van der Waals surface area contributed by atoms with E-state index in [0.717, 1.165) is 0 Å². The molecular formula is C17H11BBr2O6. The highest BCUT2D eigenvalue weighted by molar-refractivity contribution is 9.11. The fourth-order valence-electron chi connectivity index (χ4n) is 2.68. The van der Waals surface area contributed by atoms with Gasteiger partial charge in [-0.2, -0.15) is 0 Å². The second-order valence-electron chi connectivity index (χ2n) is 5.54. The third-order valence-corrected chi connectivity index (χ3v) is 5.20. The molecule has 1 heterocycles. The second-order valence-corrected chi connectivity index (χ2v) is 7.24. The van der Waals surface area contributed by atoms with Crippen molar-refractivity contribution < 1.29 is 29.6 Å². The van der Waals surface area contributed by atoms with Crippen molar-refractivity contribution in [3.05, 3.63) is 38.0 Å². The van der Waals surface area contributed by atoms with E-state index in [2.05, 4.69) is 31.9 Å². The molecule has 0 saturated heterocycles. The summed E-state index contributed by atoms with van der Waals surface area (Å²) in [6, 6.07) is 2.84. The number of hydrogen-bond donors (Lipinski definition) is 4. The number of ketones is 1. The molecule has 0 saturated carbocycles. The van der Waals surface area contributed by atoms with Crippen LogP contribution in [0.1, 0.15) is 28.6 Å². The van der Waals surface area contributed by atoms with E-state index >= 15 is 0 Å². The number of rotatable bonds is 3. The predicted octanol–water partition coefficient (Wildman–Crippen LogP) is 3.37. The Labute approximate surface area is 165 Å². The molecule has 0 amide bonds. The molecular weight excluding hydrogens is 471 g/mol. The molecule has 3 aromatic rings. The van der Waals surface area contributed by atoms with Crippen LogP contribution in [0.15, 0.2) is 25.5 Å². The fourth-order valence-corrected chi connectivity index (χ4v) is 3.87. The summed E-state index contributed by atoms with van der Waals surface area (Å²) >= 11 is 6.33. The molecule has 9 heteroatoms. The number of hydrogen-bond acceptors (Lipinski definition) is 6. The van der Waals surface area contributed by atoms with Gasteiger partial charge in [-0.05, 0) is 49.5 Å². The SMILES string of the molecule is [B]c1c(O)c(O)c2oc(CC)c(C(=O)c3cc(Br)c(O)c(Br)c3)c2c1O. The van der Waals surface area contributed by atoms with Gasteiger partial charge in [-0.25, -0.2) is 0 Å². The zero-order chi connectivity index (χ0) is 19.3. The maximum Gasteiger partial charge on any atom is 0.201 e. The quantitative estimate of drug-likeness (QED) is 0.197. The van der Waals surface area contributed by atoms with Crippen molar-refractivity contribution in [2.45, 2.75) is 13.3 Å². The molecule has 4 N–H and O–H groups in total. The van der Waals surface area contributed by atoms with Gasteiger partial charge in [0.25, 0.3) is 0 Å². The Hall–Kier alpha value is -2.13. The molecule has 6 nitrogen and oxygen atoms in total. The molecule has 132 valence electrons. The lowest BCUT2D eigenvalue weighted by Gasteiger charge is -2.09. The minimum Gasteiger partial charge on any atom is -0.508 e. The smallest absolute Gasteiger partial charge is 0.201 e. The maximum atomic E-state index is 13.1. The summed E-state index contributed by atoms with van der Waals surface area (Å²) in [5.41, 5.74) is -0.470. The lowest BCUT2D eigenvalue weighted by atomic mass is 9.89. The van der Waals surface area contributed by atoms with E-state index in [1.807, 2.05) is 0 Å². The van der Waals surface area contributed by atoms with Crippen LogP contribution in [0.25, 0.3) is 11.0 Å². The third-order valence-electron chi connectivity index (χ3n) is 3.99. The summed E-state index contributed by atoms with van der Waals surface area (Å²) in [6.45, 7) is 1.73. The van der Waals surface area contributed by atoms with Crippen molar-refractivity contribution in [2.75, 3.05) is 0 Å². The summed E-state index contributed by atoms with van der Waals surface area (Å²) in [5.74, 6) is -2.30.